The number of carbonyl (C=O) groups is 1. The molecule has 0 fully saturated rings. The second kappa shape index (κ2) is 5.32. The predicted octanol–water partition coefficient (Wildman–Crippen LogP) is 4.74. The van der Waals surface area contributed by atoms with Gasteiger partial charge in [0.05, 0.1) is 0 Å². The minimum atomic E-state index is -0.364. The summed E-state index contributed by atoms with van der Waals surface area (Å²) < 4.78 is 13.7. The van der Waals surface area contributed by atoms with E-state index in [1.807, 2.05) is 6.92 Å². The molecule has 0 saturated carbocycles. The van der Waals surface area contributed by atoms with Gasteiger partial charge in [0.2, 0.25) is 0 Å². The number of hydrogen-bond acceptors (Lipinski definition) is 1. The van der Waals surface area contributed by atoms with E-state index in [9.17, 15) is 9.18 Å². The first-order chi connectivity index (χ1) is 8.61. The van der Waals surface area contributed by atoms with Crippen molar-refractivity contribution >= 4 is 17.4 Å². The van der Waals surface area contributed by atoms with Gasteiger partial charge in [-0.25, -0.2) is 4.39 Å². The highest BCUT2D eigenvalue weighted by Crippen LogP contribution is 2.25. The lowest BCUT2D eigenvalue weighted by Crippen LogP contribution is -1.95. The van der Waals surface area contributed by atoms with E-state index in [2.05, 4.69) is 0 Å². The summed E-state index contributed by atoms with van der Waals surface area (Å²) in [7, 11) is 0. The Kier molecular flexibility index (Phi) is 3.78. The summed E-state index contributed by atoms with van der Waals surface area (Å²) in [4.78, 5) is 11.5. The van der Waals surface area contributed by atoms with Crippen molar-refractivity contribution in [3.63, 3.8) is 0 Å². The van der Waals surface area contributed by atoms with E-state index >= 15 is 0 Å². The molecule has 0 aliphatic heterocycles. The maximum atomic E-state index is 13.7. The van der Waals surface area contributed by atoms with Crippen molar-refractivity contribution in [1.82, 2.24) is 0 Å². The van der Waals surface area contributed by atoms with Crippen LogP contribution in [0.3, 0.4) is 0 Å². The highest BCUT2D eigenvalue weighted by molar-refractivity contribution is 6.30. The average molecular weight is 263 g/mol. The maximum absolute atomic E-state index is 13.7. The smallest absolute Gasteiger partial charge is 0.162 e. The highest BCUT2D eigenvalue weighted by Gasteiger charge is 2.07. The van der Waals surface area contributed by atoms with E-state index in [-0.39, 0.29) is 11.6 Å². The molecule has 0 spiro atoms. The average Bonchev–Trinajstić information content (AvgIpc) is 2.38. The highest BCUT2D eigenvalue weighted by atomic mass is 35.5. The van der Waals surface area contributed by atoms with Crippen LogP contribution in [0.5, 0.6) is 0 Å². The van der Waals surface area contributed by atoms with Crippen LogP contribution in [0.15, 0.2) is 42.5 Å². The van der Waals surface area contributed by atoms with E-state index in [0.717, 1.165) is 5.56 Å². The first kappa shape index (κ1) is 12.8. The van der Waals surface area contributed by atoms with Crippen molar-refractivity contribution in [2.75, 3.05) is 0 Å². The van der Waals surface area contributed by atoms with Crippen LogP contribution >= 0.6 is 11.6 Å². The number of halogens is 2. The fourth-order valence-electron chi connectivity index (χ4n) is 1.76. The topological polar surface area (TPSA) is 17.1 Å². The van der Waals surface area contributed by atoms with Crippen LogP contribution < -0.4 is 0 Å². The lowest BCUT2D eigenvalue weighted by Gasteiger charge is -2.05. The van der Waals surface area contributed by atoms with Gasteiger partial charge in [0, 0.05) is 22.6 Å². The SMILES string of the molecule is CCC(=O)c1ccc(-c2ccc(Cl)cc2F)cc1. The number of Topliss-reactive ketones (excluding diaryl/α,β-unsaturated/α-hetero) is 1. The normalized spacial score (nSPS) is 10.4. The van der Waals surface area contributed by atoms with Gasteiger partial charge in [-0.15, -0.1) is 0 Å². The Labute approximate surface area is 110 Å². The summed E-state index contributed by atoms with van der Waals surface area (Å²) in [6, 6.07) is 11.5. The molecule has 0 N–H and O–H groups in total. The van der Waals surface area contributed by atoms with Crippen molar-refractivity contribution in [3.8, 4) is 11.1 Å². The second-order valence-corrected chi connectivity index (χ2v) is 4.41. The number of benzene rings is 2. The van der Waals surface area contributed by atoms with Gasteiger partial charge in [-0.1, -0.05) is 42.8 Å². The summed E-state index contributed by atoms with van der Waals surface area (Å²) in [5, 5.41) is 0.369. The molecule has 2 rings (SSSR count). The van der Waals surface area contributed by atoms with Crippen LogP contribution in [0.4, 0.5) is 4.39 Å². The molecule has 0 amide bonds. The van der Waals surface area contributed by atoms with Crippen LogP contribution in [0.2, 0.25) is 5.02 Å². The molecular weight excluding hydrogens is 251 g/mol. The molecule has 0 saturated heterocycles. The van der Waals surface area contributed by atoms with Crippen LogP contribution in [0.1, 0.15) is 23.7 Å². The Balaban J connectivity index is 2.37. The van der Waals surface area contributed by atoms with Crippen molar-refractivity contribution in [1.29, 1.82) is 0 Å². The molecule has 1 nitrogen and oxygen atoms in total. The summed E-state index contributed by atoms with van der Waals surface area (Å²) in [5.74, 6) is -0.282. The van der Waals surface area contributed by atoms with Gasteiger partial charge in [0.15, 0.2) is 5.78 Å². The van der Waals surface area contributed by atoms with Gasteiger partial charge in [-0.2, -0.15) is 0 Å². The fraction of sp³-hybridized carbons (Fsp3) is 0.133. The molecule has 0 heterocycles. The lowest BCUT2D eigenvalue weighted by molar-refractivity contribution is 0.0988. The van der Waals surface area contributed by atoms with Crippen LogP contribution in [-0.4, -0.2) is 5.78 Å². The van der Waals surface area contributed by atoms with Gasteiger partial charge >= 0.3 is 0 Å². The third kappa shape index (κ3) is 2.59. The van der Waals surface area contributed by atoms with Gasteiger partial charge in [-0.3, -0.25) is 4.79 Å². The minimum Gasteiger partial charge on any atom is -0.294 e. The van der Waals surface area contributed by atoms with Gasteiger partial charge in [-0.05, 0) is 23.8 Å². The summed E-state index contributed by atoms with van der Waals surface area (Å²) in [5.41, 5.74) is 1.86. The van der Waals surface area contributed by atoms with Gasteiger partial charge < -0.3 is 0 Å². The first-order valence-corrected chi connectivity index (χ1v) is 6.08. The molecule has 0 aliphatic carbocycles. The van der Waals surface area contributed by atoms with Crippen molar-refractivity contribution in [2.45, 2.75) is 13.3 Å². The molecule has 3 heteroatoms. The standard InChI is InChI=1S/C15H12ClFO/c1-2-15(18)11-5-3-10(4-6-11)13-8-7-12(16)9-14(13)17/h3-9H,2H2,1H3. The van der Waals surface area contributed by atoms with Crippen LogP contribution in [0.25, 0.3) is 11.1 Å². The quantitative estimate of drug-likeness (QED) is 0.730. The molecule has 92 valence electrons. The van der Waals surface area contributed by atoms with E-state index in [0.29, 0.717) is 22.6 Å². The third-order valence-electron chi connectivity index (χ3n) is 2.77. The molecule has 0 unspecified atom stereocenters. The monoisotopic (exact) mass is 262 g/mol. The summed E-state index contributed by atoms with van der Waals surface area (Å²) >= 11 is 5.71. The molecule has 0 bridgehead atoms. The maximum Gasteiger partial charge on any atom is 0.162 e. The van der Waals surface area contributed by atoms with E-state index in [4.69, 9.17) is 11.6 Å². The third-order valence-corrected chi connectivity index (χ3v) is 3.01. The van der Waals surface area contributed by atoms with E-state index in [1.165, 1.54) is 6.07 Å². The number of hydrogen-bond donors (Lipinski definition) is 0. The number of ketones is 1. The Morgan fingerprint density at radius 3 is 2.39 bits per heavy atom. The van der Waals surface area contributed by atoms with Crippen LogP contribution in [-0.2, 0) is 0 Å². The lowest BCUT2D eigenvalue weighted by atomic mass is 10.0. The molecule has 0 radical (unpaired) electrons. The molecule has 0 aliphatic rings. The minimum absolute atomic E-state index is 0.0816. The van der Waals surface area contributed by atoms with E-state index in [1.54, 1.807) is 36.4 Å². The summed E-state index contributed by atoms with van der Waals surface area (Å²) in [6.07, 6.45) is 0.467. The Bertz CT molecular complexity index is 576. The van der Waals surface area contributed by atoms with Crippen molar-refractivity contribution < 1.29 is 9.18 Å². The zero-order valence-electron chi connectivity index (χ0n) is 9.91. The zero-order chi connectivity index (χ0) is 13.1. The molecular formula is C15H12ClFO. The van der Waals surface area contributed by atoms with E-state index < -0.39 is 0 Å². The fourth-order valence-corrected chi connectivity index (χ4v) is 1.92. The van der Waals surface area contributed by atoms with Crippen LogP contribution in [0, 0.1) is 5.82 Å². The zero-order valence-corrected chi connectivity index (χ0v) is 10.7. The van der Waals surface area contributed by atoms with Gasteiger partial charge in [0.25, 0.3) is 0 Å². The molecule has 0 atom stereocenters. The molecule has 2 aromatic rings. The number of rotatable bonds is 3. The Morgan fingerprint density at radius 1 is 1.17 bits per heavy atom. The molecule has 0 aromatic heterocycles. The largest absolute Gasteiger partial charge is 0.294 e. The van der Waals surface area contributed by atoms with Gasteiger partial charge in [0.1, 0.15) is 5.82 Å². The summed E-state index contributed by atoms with van der Waals surface area (Å²) in [6.45, 7) is 1.81. The Hall–Kier alpha value is -1.67. The van der Waals surface area contributed by atoms with Crippen molar-refractivity contribution in [2.24, 2.45) is 0 Å². The Morgan fingerprint density at radius 2 is 1.83 bits per heavy atom. The second-order valence-electron chi connectivity index (χ2n) is 3.98. The van der Waals surface area contributed by atoms with Crippen molar-refractivity contribution in [3.05, 3.63) is 58.9 Å². The molecule has 2 aromatic carbocycles. The number of carbonyl (C=O) groups excluding carboxylic acids is 1. The predicted molar refractivity (Wildman–Crippen MR) is 71.5 cm³/mol. The first-order valence-electron chi connectivity index (χ1n) is 5.70. The molecule has 18 heavy (non-hydrogen) atoms.